The van der Waals surface area contributed by atoms with E-state index in [0.29, 0.717) is 24.0 Å². The number of hydrogen-bond donors (Lipinski definition) is 0. The first-order chi connectivity index (χ1) is 17.6. The molecule has 0 amide bonds. The monoisotopic (exact) mass is 518 g/mol. The van der Waals surface area contributed by atoms with Crippen LogP contribution < -0.4 is 0 Å². The van der Waals surface area contributed by atoms with Crippen LogP contribution in [0.5, 0.6) is 0 Å². The first kappa shape index (κ1) is 31.4. The van der Waals surface area contributed by atoms with Crippen LogP contribution in [0.25, 0.3) is 0 Å². The molecule has 0 N–H and O–H groups in total. The SMILES string of the molecule is CCCCCCCCCC(C)C1OC(C(=O)c2ccc(SC)cc2)OCC1CCCCCCCCC. The second-order valence-corrected chi connectivity index (χ2v) is 11.8. The smallest absolute Gasteiger partial charge is 0.222 e. The molecular weight excluding hydrogens is 464 g/mol. The number of carbonyl (C=O) groups excluding carboxylic acids is 1. The van der Waals surface area contributed by atoms with Crippen molar-refractivity contribution in [2.24, 2.45) is 11.8 Å². The lowest BCUT2D eigenvalue weighted by atomic mass is 9.84. The molecule has 3 nitrogen and oxygen atoms in total. The van der Waals surface area contributed by atoms with Gasteiger partial charge in [0.15, 0.2) is 0 Å². The Balaban J connectivity index is 1.89. The van der Waals surface area contributed by atoms with E-state index in [9.17, 15) is 4.79 Å². The second kappa shape index (κ2) is 19.3. The predicted molar refractivity (Wildman–Crippen MR) is 155 cm³/mol. The number of rotatable bonds is 20. The number of benzene rings is 1. The van der Waals surface area contributed by atoms with E-state index in [0.717, 1.165) is 11.3 Å². The highest BCUT2D eigenvalue weighted by Crippen LogP contribution is 2.33. The van der Waals surface area contributed by atoms with Gasteiger partial charge in [0.05, 0.1) is 12.7 Å². The minimum Gasteiger partial charge on any atom is -0.345 e. The lowest BCUT2D eigenvalue weighted by Crippen LogP contribution is -2.46. The molecule has 0 bridgehead atoms. The molecule has 0 aliphatic carbocycles. The highest BCUT2D eigenvalue weighted by molar-refractivity contribution is 7.98. The highest BCUT2D eigenvalue weighted by atomic mass is 32.2. The number of thioether (sulfide) groups is 1. The Morgan fingerprint density at radius 1 is 0.861 bits per heavy atom. The Kier molecular flexibility index (Phi) is 16.8. The fourth-order valence-electron chi connectivity index (χ4n) is 5.43. The maximum Gasteiger partial charge on any atom is 0.222 e. The average molecular weight is 519 g/mol. The van der Waals surface area contributed by atoms with Gasteiger partial charge in [-0.2, -0.15) is 0 Å². The molecule has 0 saturated carbocycles. The number of carbonyl (C=O) groups is 1. The molecule has 4 unspecified atom stereocenters. The molecule has 0 radical (unpaired) electrons. The van der Waals surface area contributed by atoms with E-state index in [1.165, 1.54) is 96.3 Å². The molecule has 1 heterocycles. The zero-order chi connectivity index (χ0) is 26.0. The van der Waals surface area contributed by atoms with Crippen LogP contribution in [-0.2, 0) is 9.47 Å². The van der Waals surface area contributed by atoms with Crippen LogP contribution in [0.15, 0.2) is 29.2 Å². The standard InChI is InChI=1S/C32H54O3S/c1-5-7-9-11-13-15-17-19-26(3)31-28(20-18-16-14-12-10-8-6-2)25-34-32(35-31)30(33)27-21-23-29(36-4)24-22-27/h21-24,26,28,31-32H,5-20,25H2,1-4H3. The second-order valence-electron chi connectivity index (χ2n) is 10.9. The topological polar surface area (TPSA) is 35.5 Å². The Bertz CT molecular complexity index is 689. The van der Waals surface area contributed by atoms with E-state index in [2.05, 4.69) is 20.8 Å². The van der Waals surface area contributed by atoms with Crippen LogP contribution in [0.1, 0.15) is 134 Å². The van der Waals surface area contributed by atoms with Crippen molar-refractivity contribution in [1.82, 2.24) is 0 Å². The van der Waals surface area contributed by atoms with Crippen molar-refractivity contribution in [3.63, 3.8) is 0 Å². The molecule has 1 aromatic rings. The number of hydrogen-bond acceptors (Lipinski definition) is 4. The number of unbranched alkanes of at least 4 members (excludes halogenated alkanes) is 12. The summed E-state index contributed by atoms with van der Waals surface area (Å²) in [6, 6.07) is 7.82. The van der Waals surface area contributed by atoms with Crippen LogP contribution in [0.4, 0.5) is 0 Å². The van der Waals surface area contributed by atoms with Gasteiger partial charge >= 0.3 is 0 Å². The zero-order valence-electron chi connectivity index (χ0n) is 23.8. The predicted octanol–water partition coefficient (Wildman–Crippen LogP) is 9.87. The molecule has 1 fully saturated rings. The lowest BCUT2D eigenvalue weighted by Gasteiger charge is -2.39. The summed E-state index contributed by atoms with van der Waals surface area (Å²) >= 11 is 1.68. The minimum absolute atomic E-state index is 0.0369. The summed E-state index contributed by atoms with van der Waals surface area (Å²) < 4.78 is 12.5. The molecule has 0 aromatic heterocycles. The van der Waals surface area contributed by atoms with Gasteiger partial charge in [0.25, 0.3) is 0 Å². The Hall–Kier alpha value is -0.840. The summed E-state index contributed by atoms with van der Waals surface area (Å²) in [5.74, 6) is 0.807. The van der Waals surface area contributed by atoms with Gasteiger partial charge in [0.1, 0.15) is 0 Å². The van der Waals surface area contributed by atoms with E-state index in [1.54, 1.807) is 11.8 Å². The molecule has 0 spiro atoms. The molecule has 206 valence electrons. The third-order valence-electron chi connectivity index (χ3n) is 7.80. The molecular formula is C32H54O3S. The van der Waals surface area contributed by atoms with Gasteiger partial charge in [0.2, 0.25) is 12.1 Å². The van der Waals surface area contributed by atoms with Crippen LogP contribution in [0, 0.1) is 11.8 Å². The van der Waals surface area contributed by atoms with Crippen molar-refractivity contribution in [2.75, 3.05) is 12.9 Å². The highest BCUT2D eigenvalue weighted by Gasteiger charge is 2.38. The molecule has 1 aliphatic rings. The van der Waals surface area contributed by atoms with Crippen molar-refractivity contribution in [3.8, 4) is 0 Å². The zero-order valence-corrected chi connectivity index (χ0v) is 24.6. The molecule has 4 heteroatoms. The molecule has 4 atom stereocenters. The Labute approximate surface area is 226 Å². The summed E-state index contributed by atoms with van der Waals surface area (Å²) in [6.45, 7) is 7.52. The van der Waals surface area contributed by atoms with E-state index in [1.807, 2.05) is 30.5 Å². The number of Topliss-reactive ketones (excluding diaryl/α,β-unsaturated/α-hetero) is 1. The summed E-state index contributed by atoms with van der Waals surface area (Å²) in [5.41, 5.74) is 0.682. The van der Waals surface area contributed by atoms with Crippen molar-refractivity contribution in [1.29, 1.82) is 0 Å². The van der Waals surface area contributed by atoms with E-state index in [-0.39, 0.29) is 11.9 Å². The van der Waals surface area contributed by atoms with Gasteiger partial charge in [-0.15, -0.1) is 11.8 Å². The maximum absolute atomic E-state index is 13.2. The van der Waals surface area contributed by atoms with E-state index >= 15 is 0 Å². The van der Waals surface area contributed by atoms with Crippen molar-refractivity contribution in [3.05, 3.63) is 29.8 Å². The fourth-order valence-corrected chi connectivity index (χ4v) is 5.83. The number of ketones is 1. The van der Waals surface area contributed by atoms with Crippen LogP contribution in [-0.4, -0.2) is 31.0 Å². The molecule has 1 saturated heterocycles. The lowest BCUT2D eigenvalue weighted by molar-refractivity contribution is -0.225. The van der Waals surface area contributed by atoms with Crippen molar-refractivity contribution in [2.45, 2.75) is 141 Å². The Morgan fingerprint density at radius 3 is 2.00 bits per heavy atom. The van der Waals surface area contributed by atoms with Gasteiger partial charge in [0, 0.05) is 16.4 Å². The van der Waals surface area contributed by atoms with Crippen LogP contribution in [0.2, 0.25) is 0 Å². The summed E-state index contributed by atoms with van der Waals surface area (Å²) in [4.78, 5) is 14.3. The van der Waals surface area contributed by atoms with Crippen LogP contribution >= 0.6 is 11.8 Å². The Morgan fingerprint density at radius 2 is 1.42 bits per heavy atom. The van der Waals surface area contributed by atoms with Crippen molar-refractivity contribution >= 4 is 17.5 Å². The van der Waals surface area contributed by atoms with Gasteiger partial charge in [-0.3, -0.25) is 4.79 Å². The van der Waals surface area contributed by atoms with Crippen molar-refractivity contribution < 1.29 is 14.3 Å². The summed E-state index contributed by atoms with van der Waals surface area (Å²) in [7, 11) is 0. The van der Waals surface area contributed by atoms with E-state index < -0.39 is 6.29 Å². The maximum atomic E-state index is 13.2. The van der Waals surface area contributed by atoms with Gasteiger partial charge in [-0.25, -0.2) is 0 Å². The summed E-state index contributed by atoms with van der Waals surface area (Å²) in [6.07, 6.45) is 22.3. The quantitative estimate of drug-likeness (QED) is 0.0977. The third-order valence-corrected chi connectivity index (χ3v) is 8.54. The summed E-state index contributed by atoms with van der Waals surface area (Å²) in [5, 5.41) is 0. The fraction of sp³-hybridized carbons (Fsp3) is 0.781. The molecule has 36 heavy (non-hydrogen) atoms. The molecule has 1 aromatic carbocycles. The first-order valence-corrected chi connectivity index (χ1v) is 16.3. The minimum atomic E-state index is -0.767. The van der Waals surface area contributed by atoms with E-state index in [4.69, 9.17) is 9.47 Å². The largest absolute Gasteiger partial charge is 0.345 e. The molecule has 2 rings (SSSR count). The number of ether oxygens (including phenoxy) is 2. The third kappa shape index (κ3) is 11.7. The van der Waals surface area contributed by atoms with Gasteiger partial charge < -0.3 is 9.47 Å². The molecule has 1 aliphatic heterocycles. The van der Waals surface area contributed by atoms with Gasteiger partial charge in [-0.05, 0) is 37.1 Å². The average Bonchev–Trinajstić information content (AvgIpc) is 2.91. The normalized spacial score (nSPS) is 20.9. The van der Waals surface area contributed by atoms with Crippen LogP contribution in [0.3, 0.4) is 0 Å². The van der Waals surface area contributed by atoms with Gasteiger partial charge in [-0.1, -0.05) is 123 Å². The first-order valence-electron chi connectivity index (χ1n) is 15.1.